The predicted octanol–water partition coefficient (Wildman–Crippen LogP) is 4.59. The standard InChI is InChI=1S/C22H24N4O3/c1-5-16(4)23-22(27)21-13-20(17-10-9-14(2)15(3)11-17)24-25(21)18-7-6-8-19(12-18)26(28)29/h6-13,16H,5H2,1-4H3,(H,23,27). The van der Waals surface area contributed by atoms with Crippen molar-refractivity contribution in [2.45, 2.75) is 40.2 Å². The van der Waals surface area contributed by atoms with E-state index in [2.05, 4.69) is 10.4 Å². The van der Waals surface area contributed by atoms with Crippen molar-refractivity contribution in [3.8, 4) is 16.9 Å². The Morgan fingerprint density at radius 1 is 1.17 bits per heavy atom. The summed E-state index contributed by atoms with van der Waals surface area (Å²) in [7, 11) is 0. The minimum absolute atomic E-state index is 0.000953. The molecule has 7 heteroatoms. The van der Waals surface area contributed by atoms with E-state index in [0.29, 0.717) is 17.1 Å². The van der Waals surface area contributed by atoms with Crippen molar-refractivity contribution in [1.29, 1.82) is 0 Å². The second-order valence-corrected chi connectivity index (χ2v) is 7.19. The van der Waals surface area contributed by atoms with E-state index in [1.165, 1.54) is 22.4 Å². The van der Waals surface area contributed by atoms with E-state index < -0.39 is 4.92 Å². The van der Waals surface area contributed by atoms with Gasteiger partial charge < -0.3 is 5.32 Å². The monoisotopic (exact) mass is 392 g/mol. The molecule has 1 N–H and O–H groups in total. The van der Waals surface area contributed by atoms with E-state index in [9.17, 15) is 14.9 Å². The van der Waals surface area contributed by atoms with Gasteiger partial charge in [0.2, 0.25) is 0 Å². The Balaban J connectivity index is 2.13. The van der Waals surface area contributed by atoms with Crippen LogP contribution >= 0.6 is 0 Å². The molecular formula is C22H24N4O3. The molecule has 0 aliphatic heterocycles. The van der Waals surface area contributed by atoms with Crippen molar-refractivity contribution in [2.75, 3.05) is 0 Å². The van der Waals surface area contributed by atoms with E-state index in [4.69, 9.17) is 0 Å². The smallest absolute Gasteiger partial charge is 0.271 e. The first-order valence-electron chi connectivity index (χ1n) is 9.53. The van der Waals surface area contributed by atoms with Crippen LogP contribution in [0.15, 0.2) is 48.5 Å². The maximum absolute atomic E-state index is 12.9. The molecule has 1 atom stereocenters. The molecule has 0 saturated carbocycles. The summed E-state index contributed by atoms with van der Waals surface area (Å²) in [6, 6.07) is 13.8. The molecule has 1 heterocycles. The number of benzene rings is 2. The Morgan fingerprint density at radius 2 is 1.93 bits per heavy atom. The predicted molar refractivity (Wildman–Crippen MR) is 112 cm³/mol. The summed E-state index contributed by atoms with van der Waals surface area (Å²) < 4.78 is 1.47. The average molecular weight is 392 g/mol. The molecule has 1 amide bonds. The van der Waals surface area contributed by atoms with E-state index in [1.807, 2.05) is 45.9 Å². The van der Waals surface area contributed by atoms with E-state index in [-0.39, 0.29) is 17.6 Å². The number of aromatic nitrogens is 2. The highest BCUT2D eigenvalue weighted by Crippen LogP contribution is 2.25. The zero-order valence-electron chi connectivity index (χ0n) is 17.0. The van der Waals surface area contributed by atoms with Gasteiger partial charge in [0.15, 0.2) is 0 Å². The topological polar surface area (TPSA) is 90.1 Å². The second-order valence-electron chi connectivity index (χ2n) is 7.19. The van der Waals surface area contributed by atoms with Gasteiger partial charge in [-0.2, -0.15) is 5.10 Å². The van der Waals surface area contributed by atoms with Crippen LogP contribution < -0.4 is 5.32 Å². The van der Waals surface area contributed by atoms with Crippen molar-refractivity contribution in [3.63, 3.8) is 0 Å². The van der Waals surface area contributed by atoms with Crippen LogP contribution in [0, 0.1) is 24.0 Å². The fourth-order valence-corrected chi connectivity index (χ4v) is 2.92. The number of nitrogens with one attached hydrogen (secondary N) is 1. The number of nitro groups is 1. The highest BCUT2D eigenvalue weighted by Gasteiger charge is 2.20. The summed E-state index contributed by atoms with van der Waals surface area (Å²) in [5.41, 5.74) is 4.55. The molecular weight excluding hydrogens is 368 g/mol. The molecule has 7 nitrogen and oxygen atoms in total. The van der Waals surface area contributed by atoms with Gasteiger partial charge in [-0.15, -0.1) is 0 Å². The molecule has 0 aliphatic rings. The van der Waals surface area contributed by atoms with Gasteiger partial charge in [0, 0.05) is 23.7 Å². The molecule has 150 valence electrons. The number of aryl methyl sites for hydroxylation is 2. The number of amides is 1. The van der Waals surface area contributed by atoms with Crippen LogP contribution in [0.5, 0.6) is 0 Å². The van der Waals surface area contributed by atoms with Crippen molar-refractivity contribution in [1.82, 2.24) is 15.1 Å². The molecule has 2 aromatic carbocycles. The lowest BCUT2D eigenvalue weighted by molar-refractivity contribution is -0.384. The Morgan fingerprint density at radius 3 is 2.59 bits per heavy atom. The van der Waals surface area contributed by atoms with Crippen LogP contribution in [-0.2, 0) is 0 Å². The van der Waals surface area contributed by atoms with E-state index in [0.717, 1.165) is 17.5 Å². The number of hydrogen-bond acceptors (Lipinski definition) is 4. The Hall–Kier alpha value is -3.48. The molecule has 0 aliphatic carbocycles. The highest BCUT2D eigenvalue weighted by molar-refractivity contribution is 5.94. The van der Waals surface area contributed by atoms with Crippen LogP contribution in [-0.4, -0.2) is 26.7 Å². The van der Waals surface area contributed by atoms with Crippen LogP contribution in [0.4, 0.5) is 5.69 Å². The number of non-ortho nitro benzene ring substituents is 1. The summed E-state index contributed by atoms with van der Waals surface area (Å²) in [5, 5.41) is 18.7. The number of carbonyl (C=O) groups is 1. The van der Waals surface area contributed by atoms with Gasteiger partial charge in [-0.25, -0.2) is 4.68 Å². The minimum atomic E-state index is -0.462. The third-order valence-corrected chi connectivity index (χ3v) is 5.02. The Kier molecular flexibility index (Phi) is 5.77. The molecule has 0 bridgehead atoms. The lowest BCUT2D eigenvalue weighted by atomic mass is 10.0. The largest absolute Gasteiger partial charge is 0.348 e. The SMILES string of the molecule is CCC(C)NC(=O)c1cc(-c2ccc(C)c(C)c2)nn1-c1cccc([N+](=O)[O-])c1. The maximum Gasteiger partial charge on any atom is 0.271 e. The molecule has 0 radical (unpaired) electrons. The number of rotatable bonds is 6. The first kappa shape index (κ1) is 20.3. The zero-order chi connectivity index (χ0) is 21.1. The minimum Gasteiger partial charge on any atom is -0.348 e. The molecule has 1 unspecified atom stereocenters. The Labute approximate surface area is 169 Å². The summed E-state index contributed by atoms with van der Waals surface area (Å²) in [6.07, 6.45) is 0.792. The van der Waals surface area contributed by atoms with Crippen LogP contribution in [0.25, 0.3) is 16.9 Å². The summed E-state index contributed by atoms with van der Waals surface area (Å²) in [6.45, 7) is 7.97. The van der Waals surface area contributed by atoms with Gasteiger partial charge in [0.1, 0.15) is 5.69 Å². The maximum atomic E-state index is 12.9. The van der Waals surface area contributed by atoms with E-state index in [1.54, 1.807) is 18.2 Å². The van der Waals surface area contributed by atoms with Crippen molar-refractivity contribution >= 4 is 11.6 Å². The summed E-state index contributed by atoms with van der Waals surface area (Å²) >= 11 is 0. The summed E-state index contributed by atoms with van der Waals surface area (Å²) in [4.78, 5) is 23.6. The van der Waals surface area contributed by atoms with Crippen LogP contribution in [0.3, 0.4) is 0 Å². The average Bonchev–Trinajstić information content (AvgIpc) is 3.15. The lowest BCUT2D eigenvalue weighted by Crippen LogP contribution is -2.33. The second kappa shape index (κ2) is 8.26. The van der Waals surface area contributed by atoms with Gasteiger partial charge in [-0.3, -0.25) is 14.9 Å². The number of hydrogen-bond donors (Lipinski definition) is 1. The van der Waals surface area contributed by atoms with Gasteiger partial charge in [0.25, 0.3) is 11.6 Å². The number of carbonyl (C=O) groups excluding carboxylic acids is 1. The van der Waals surface area contributed by atoms with Gasteiger partial charge in [-0.05, 0) is 56.5 Å². The first-order chi connectivity index (χ1) is 13.8. The third-order valence-electron chi connectivity index (χ3n) is 5.02. The zero-order valence-corrected chi connectivity index (χ0v) is 17.0. The third kappa shape index (κ3) is 4.34. The van der Waals surface area contributed by atoms with Gasteiger partial charge in [0.05, 0.1) is 16.3 Å². The van der Waals surface area contributed by atoms with Gasteiger partial charge >= 0.3 is 0 Å². The normalized spacial score (nSPS) is 11.9. The van der Waals surface area contributed by atoms with Crippen molar-refractivity contribution in [3.05, 3.63) is 75.5 Å². The van der Waals surface area contributed by atoms with E-state index >= 15 is 0 Å². The Bertz CT molecular complexity index is 1070. The first-order valence-corrected chi connectivity index (χ1v) is 9.53. The molecule has 3 rings (SSSR count). The van der Waals surface area contributed by atoms with Crippen molar-refractivity contribution in [2.24, 2.45) is 0 Å². The quantitative estimate of drug-likeness (QED) is 0.491. The highest BCUT2D eigenvalue weighted by atomic mass is 16.6. The van der Waals surface area contributed by atoms with Crippen molar-refractivity contribution < 1.29 is 9.72 Å². The number of nitrogens with zero attached hydrogens (tertiary/aromatic N) is 3. The fourth-order valence-electron chi connectivity index (χ4n) is 2.92. The molecule has 0 fully saturated rings. The molecule has 3 aromatic rings. The molecule has 1 aromatic heterocycles. The van der Waals surface area contributed by atoms with Crippen LogP contribution in [0.1, 0.15) is 41.9 Å². The molecule has 0 saturated heterocycles. The lowest BCUT2D eigenvalue weighted by Gasteiger charge is -2.12. The van der Waals surface area contributed by atoms with Gasteiger partial charge in [-0.1, -0.05) is 25.1 Å². The number of nitro benzene ring substituents is 1. The summed E-state index contributed by atoms with van der Waals surface area (Å²) in [5.74, 6) is -0.270. The molecule has 29 heavy (non-hydrogen) atoms. The fraction of sp³-hybridized carbons (Fsp3) is 0.273. The van der Waals surface area contributed by atoms with Crippen LogP contribution in [0.2, 0.25) is 0 Å². The molecule has 0 spiro atoms.